The lowest BCUT2D eigenvalue weighted by atomic mass is 10.1. The molecule has 5 heteroatoms. The molecule has 0 N–H and O–H groups in total. The Balaban J connectivity index is 1.66. The molecule has 1 aromatic carbocycles. The topological polar surface area (TPSA) is 32.8 Å². The van der Waals surface area contributed by atoms with E-state index in [0.29, 0.717) is 5.75 Å². The molecule has 2 fully saturated rings. The highest BCUT2D eigenvalue weighted by Gasteiger charge is 2.33. The molecule has 0 bridgehead atoms. The Morgan fingerprint density at radius 1 is 1.24 bits per heavy atom. The van der Waals surface area contributed by atoms with Crippen LogP contribution in [0.2, 0.25) is 0 Å². The third-order valence-corrected chi connectivity index (χ3v) is 5.42. The molecular formula is C16H22N2O2S. The highest BCUT2D eigenvalue weighted by Crippen LogP contribution is 2.39. The predicted octanol–water partition coefficient (Wildman–Crippen LogP) is 1.90. The number of hydrogen-bond acceptors (Lipinski definition) is 4. The second-order valence-electron chi connectivity index (χ2n) is 5.56. The zero-order valence-electron chi connectivity index (χ0n) is 12.5. The maximum absolute atomic E-state index is 12.2. The number of morpholine rings is 1. The molecule has 1 aromatic rings. The van der Waals surface area contributed by atoms with Gasteiger partial charge in [-0.1, -0.05) is 24.3 Å². The summed E-state index contributed by atoms with van der Waals surface area (Å²) in [6.07, 6.45) is 0. The molecule has 1 atom stereocenters. The van der Waals surface area contributed by atoms with E-state index < -0.39 is 0 Å². The van der Waals surface area contributed by atoms with Crippen LogP contribution in [0.5, 0.6) is 0 Å². The molecular weight excluding hydrogens is 284 g/mol. The summed E-state index contributed by atoms with van der Waals surface area (Å²) in [5.74, 6) is 0.865. The van der Waals surface area contributed by atoms with E-state index in [-0.39, 0.29) is 11.3 Å². The second-order valence-corrected chi connectivity index (χ2v) is 6.63. The van der Waals surface area contributed by atoms with E-state index in [9.17, 15) is 4.79 Å². The van der Waals surface area contributed by atoms with Crippen molar-refractivity contribution < 1.29 is 9.53 Å². The number of carbonyl (C=O) groups excluding carboxylic acids is 1. The number of carbonyl (C=O) groups is 1. The molecule has 2 heterocycles. The summed E-state index contributed by atoms with van der Waals surface area (Å²) in [6.45, 7) is 7.45. The third kappa shape index (κ3) is 3.42. The molecule has 2 saturated heterocycles. The first-order chi connectivity index (χ1) is 10.3. The highest BCUT2D eigenvalue weighted by atomic mass is 32.2. The number of hydrogen-bond donors (Lipinski definition) is 0. The quantitative estimate of drug-likeness (QED) is 0.850. The van der Waals surface area contributed by atoms with E-state index in [1.165, 1.54) is 11.1 Å². The lowest BCUT2D eigenvalue weighted by molar-refractivity contribution is -0.128. The number of thioether (sulfide) groups is 1. The smallest absolute Gasteiger partial charge is 0.233 e. The van der Waals surface area contributed by atoms with Crippen LogP contribution in [0.25, 0.3) is 0 Å². The van der Waals surface area contributed by atoms with Gasteiger partial charge in [-0.05, 0) is 18.1 Å². The molecule has 2 aliphatic heterocycles. The fourth-order valence-electron chi connectivity index (χ4n) is 2.89. The van der Waals surface area contributed by atoms with Gasteiger partial charge >= 0.3 is 0 Å². The van der Waals surface area contributed by atoms with Crippen LogP contribution < -0.4 is 0 Å². The Hall–Kier alpha value is -1.04. The fourth-order valence-corrected chi connectivity index (χ4v) is 4.20. The van der Waals surface area contributed by atoms with Gasteiger partial charge in [0.15, 0.2) is 0 Å². The molecule has 0 aliphatic carbocycles. The summed E-state index contributed by atoms with van der Waals surface area (Å²) in [5.41, 5.74) is 2.54. The zero-order chi connectivity index (χ0) is 14.7. The first-order valence-corrected chi connectivity index (χ1v) is 8.57. The fraction of sp³-hybridized carbons (Fsp3) is 0.562. The summed E-state index contributed by atoms with van der Waals surface area (Å²) >= 11 is 1.75. The van der Waals surface area contributed by atoms with E-state index in [1.54, 1.807) is 11.8 Å². The second kappa shape index (κ2) is 6.81. The van der Waals surface area contributed by atoms with Crippen LogP contribution in [0.4, 0.5) is 0 Å². The minimum atomic E-state index is 0.180. The molecule has 3 rings (SSSR count). The summed E-state index contributed by atoms with van der Waals surface area (Å²) in [5, 5.41) is 0.180. The number of aryl methyl sites for hydroxylation is 1. The monoisotopic (exact) mass is 306 g/mol. The highest BCUT2D eigenvalue weighted by molar-refractivity contribution is 8.00. The summed E-state index contributed by atoms with van der Waals surface area (Å²) in [7, 11) is 0. The first kappa shape index (κ1) is 14.9. The SMILES string of the molecule is Cc1ccccc1C1SCC(=O)N1CCN1CCOCC1. The molecule has 4 nitrogen and oxygen atoms in total. The number of amides is 1. The van der Waals surface area contributed by atoms with Gasteiger partial charge in [0.1, 0.15) is 5.37 Å². The van der Waals surface area contributed by atoms with Crippen molar-refractivity contribution in [1.82, 2.24) is 9.80 Å². The van der Waals surface area contributed by atoms with Crippen molar-refractivity contribution >= 4 is 17.7 Å². The average molecular weight is 306 g/mol. The van der Waals surface area contributed by atoms with Gasteiger partial charge in [0.2, 0.25) is 5.91 Å². The van der Waals surface area contributed by atoms with Gasteiger partial charge in [0.05, 0.1) is 19.0 Å². The molecule has 0 aromatic heterocycles. The van der Waals surface area contributed by atoms with Crippen molar-refractivity contribution in [3.05, 3.63) is 35.4 Å². The van der Waals surface area contributed by atoms with Gasteiger partial charge in [0.25, 0.3) is 0 Å². The van der Waals surface area contributed by atoms with Gasteiger partial charge in [-0.3, -0.25) is 9.69 Å². The van der Waals surface area contributed by atoms with Crippen LogP contribution in [0.3, 0.4) is 0 Å². The Labute approximate surface area is 130 Å². The van der Waals surface area contributed by atoms with E-state index in [4.69, 9.17) is 4.74 Å². The van der Waals surface area contributed by atoms with E-state index >= 15 is 0 Å². The predicted molar refractivity (Wildman–Crippen MR) is 85.4 cm³/mol. The van der Waals surface area contributed by atoms with Crippen LogP contribution in [0.1, 0.15) is 16.5 Å². The van der Waals surface area contributed by atoms with Crippen LogP contribution in [0, 0.1) is 6.92 Å². The Morgan fingerprint density at radius 2 is 2.00 bits per heavy atom. The molecule has 0 saturated carbocycles. The van der Waals surface area contributed by atoms with Crippen molar-refractivity contribution in [3.8, 4) is 0 Å². The number of rotatable bonds is 4. The van der Waals surface area contributed by atoms with E-state index in [0.717, 1.165) is 39.4 Å². The van der Waals surface area contributed by atoms with Gasteiger partial charge < -0.3 is 9.64 Å². The van der Waals surface area contributed by atoms with Crippen LogP contribution in [0.15, 0.2) is 24.3 Å². The molecule has 114 valence electrons. The van der Waals surface area contributed by atoms with Crippen LogP contribution in [-0.2, 0) is 9.53 Å². The minimum absolute atomic E-state index is 0.180. The normalized spacial score (nSPS) is 23.8. The van der Waals surface area contributed by atoms with Crippen molar-refractivity contribution in [2.75, 3.05) is 45.1 Å². The maximum Gasteiger partial charge on any atom is 0.233 e. The summed E-state index contributed by atoms with van der Waals surface area (Å²) in [4.78, 5) is 16.6. The van der Waals surface area contributed by atoms with Crippen LogP contribution >= 0.6 is 11.8 Å². The molecule has 0 radical (unpaired) electrons. The van der Waals surface area contributed by atoms with Gasteiger partial charge in [-0.15, -0.1) is 11.8 Å². The molecule has 1 amide bonds. The molecule has 0 spiro atoms. The van der Waals surface area contributed by atoms with Gasteiger partial charge in [-0.2, -0.15) is 0 Å². The van der Waals surface area contributed by atoms with E-state index in [1.807, 2.05) is 4.90 Å². The van der Waals surface area contributed by atoms with Gasteiger partial charge in [-0.25, -0.2) is 0 Å². The first-order valence-electron chi connectivity index (χ1n) is 7.52. The van der Waals surface area contributed by atoms with Gasteiger partial charge in [0, 0.05) is 26.2 Å². The Morgan fingerprint density at radius 3 is 2.76 bits per heavy atom. The zero-order valence-corrected chi connectivity index (χ0v) is 13.3. The standard InChI is InChI=1S/C16H22N2O2S/c1-13-4-2-3-5-14(13)16-18(15(19)12-21-16)7-6-17-8-10-20-11-9-17/h2-5,16H,6-12H2,1H3. The Kier molecular flexibility index (Phi) is 4.83. The largest absolute Gasteiger partial charge is 0.379 e. The third-order valence-electron chi connectivity index (χ3n) is 4.18. The van der Waals surface area contributed by atoms with Crippen molar-refractivity contribution in [2.45, 2.75) is 12.3 Å². The Bertz CT molecular complexity index is 503. The number of nitrogens with zero attached hydrogens (tertiary/aromatic N) is 2. The van der Waals surface area contributed by atoms with Crippen molar-refractivity contribution in [2.24, 2.45) is 0 Å². The van der Waals surface area contributed by atoms with E-state index in [2.05, 4.69) is 36.1 Å². The lowest BCUT2D eigenvalue weighted by Crippen LogP contribution is -2.42. The lowest BCUT2D eigenvalue weighted by Gasteiger charge is -2.31. The van der Waals surface area contributed by atoms with Crippen LogP contribution in [-0.4, -0.2) is 60.9 Å². The number of benzene rings is 1. The molecule has 1 unspecified atom stereocenters. The van der Waals surface area contributed by atoms with Crippen molar-refractivity contribution in [3.63, 3.8) is 0 Å². The summed E-state index contributed by atoms with van der Waals surface area (Å²) < 4.78 is 5.37. The number of ether oxygens (including phenoxy) is 1. The average Bonchev–Trinajstić information content (AvgIpc) is 2.88. The molecule has 21 heavy (non-hydrogen) atoms. The maximum atomic E-state index is 12.2. The minimum Gasteiger partial charge on any atom is -0.379 e. The summed E-state index contributed by atoms with van der Waals surface area (Å²) in [6, 6.07) is 8.39. The van der Waals surface area contributed by atoms with Crippen molar-refractivity contribution in [1.29, 1.82) is 0 Å². The molecule has 2 aliphatic rings.